The molecule has 2 aromatic rings. The van der Waals surface area contributed by atoms with E-state index in [1.807, 2.05) is 60.7 Å². The Morgan fingerprint density at radius 1 is 0.868 bits per heavy atom. The first-order valence-corrected chi connectivity index (χ1v) is 14.6. The lowest BCUT2D eigenvalue weighted by atomic mass is 9.85. The van der Waals surface area contributed by atoms with Gasteiger partial charge in [-0.05, 0) is 24.0 Å². The monoisotopic (exact) mass is 559 g/mol. The summed E-state index contributed by atoms with van der Waals surface area (Å²) in [5.74, 6) is -0.234. The summed E-state index contributed by atoms with van der Waals surface area (Å²) in [5.41, 5.74) is -0.557. The van der Waals surface area contributed by atoms with E-state index >= 15 is 0 Å². The molecule has 2 aromatic carbocycles. The van der Waals surface area contributed by atoms with Crippen molar-refractivity contribution < 1.29 is 35.9 Å². The molecule has 2 bridgehead atoms. The highest BCUT2D eigenvalue weighted by atomic mass is 35.5. The second-order valence-corrected chi connectivity index (χ2v) is 11.9. The number of rotatable bonds is 7. The van der Waals surface area contributed by atoms with Crippen molar-refractivity contribution in [3.05, 3.63) is 71.8 Å². The number of alkyl halides is 1. The number of piperidine rings is 1. The molecule has 0 aliphatic carbocycles. The molecule has 0 radical (unpaired) electrons. The number of esters is 1. The topological polar surface area (TPSA) is 44.8 Å². The zero-order valence-corrected chi connectivity index (χ0v) is 23.5. The summed E-state index contributed by atoms with van der Waals surface area (Å²) in [6.45, 7) is 3.93. The molecule has 5 nitrogen and oxygen atoms in total. The smallest absolute Gasteiger partial charge is 0.348 e. The van der Waals surface area contributed by atoms with Gasteiger partial charge in [0.2, 0.25) is 5.60 Å². The lowest BCUT2D eigenvalue weighted by molar-refractivity contribution is -0.956. The Labute approximate surface area is 237 Å². The van der Waals surface area contributed by atoms with Gasteiger partial charge in [-0.2, -0.15) is 0 Å². The average Bonchev–Trinajstić information content (AvgIpc) is 3.49. The average molecular weight is 561 g/mol. The maximum atomic E-state index is 14.5. The number of hydrogen-bond donors (Lipinski definition) is 0. The largest absolute Gasteiger partial charge is 1.00 e. The third-order valence-corrected chi connectivity index (χ3v) is 10.0. The Bertz CT molecular complexity index is 1000. The molecule has 7 heteroatoms. The van der Waals surface area contributed by atoms with Gasteiger partial charge in [-0.15, -0.1) is 0 Å². The number of quaternary nitrogens is 1. The van der Waals surface area contributed by atoms with Crippen molar-refractivity contribution in [1.29, 1.82) is 0 Å². The van der Waals surface area contributed by atoms with Gasteiger partial charge in [0, 0.05) is 57.7 Å². The first kappa shape index (κ1) is 27.9. The zero-order valence-electron chi connectivity index (χ0n) is 22.0. The molecule has 1 spiro atoms. The number of halogens is 2. The Kier molecular flexibility index (Phi) is 8.71. The van der Waals surface area contributed by atoms with E-state index in [2.05, 4.69) is 0 Å². The van der Waals surface area contributed by atoms with Crippen molar-refractivity contribution in [2.75, 3.05) is 26.3 Å². The summed E-state index contributed by atoms with van der Waals surface area (Å²) in [7, 11) is 0. The van der Waals surface area contributed by atoms with Gasteiger partial charge in [0.25, 0.3) is 0 Å². The minimum absolute atomic E-state index is 0. The molecule has 4 saturated heterocycles. The Morgan fingerprint density at radius 3 is 1.92 bits per heavy atom. The summed E-state index contributed by atoms with van der Waals surface area (Å²) in [6.07, 6.45) is 8.62. The van der Waals surface area contributed by atoms with E-state index in [9.17, 15) is 4.79 Å². The minimum atomic E-state index is -1.43. The third-order valence-electron chi connectivity index (χ3n) is 9.60. The first-order chi connectivity index (χ1) is 18.1. The molecule has 4 fully saturated rings. The standard InChI is InChI=1S/C31H39ClNO4.ClH/c32-29(23-15-19-35-20-16-23)37-31(24-9-3-1-4-10-24,25-11-5-2-6-12-25)30(34)36-28-21-26-13-14-27(22-28)33(26)17-7-8-18-33;/h1-6,9-12,23,26-29H,7-8,13-22H2;1H/q+1;/p-1. The van der Waals surface area contributed by atoms with Crippen LogP contribution in [0.2, 0.25) is 0 Å². The van der Waals surface area contributed by atoms with Crippen LogP contribution >= 0.6 is 11.6 Å². The van der Waals surface area contributed by atoms with Crippen molar-refractivity contribution in [1.82, 2.24) is 0 Å². The van der Waals surface area contributed by atoms with Gasteiger partial charge < -0.3 is 31.1 Å². The van der Waals surface area contributed by atoms with E-state index in [0.717, 1.165) is 36.8 Å². The molecule has 4 aliphatic heterocycles. The second kappa shape index (κ2) is 11.9. The SMILES string of the molecule is O=C(OC1CC2CCC(C1)[N+]21CCCC1)C(OC(Cl)C1CCOCC1)(c1ccccc1)c1ccccc1.[Cl-]. The van der Waals surface area contributed by atoms with E-state index in [1.54, 1.807) is 0 Å². The van der Waals surface area contributed by atoms with Crippen LogP contribution < -0.4 is 12.4 Å². The highest BCUT2D eigenvalue weighted by Crippen LogP contribution is 2.47. The van der Waals surface area contributed by atoms with Crippen LogP contribution in [-0.2, 0) is 24.6 Å². The second-order valence-electron chi connectivity index (χ2n) is 11.5. The van der Waals surface area contributed by atoms with Gasteiger partial charge in [-0.25, -0.2) is 4.79 Å². The van der Waals surface area contributed by atoms with E-state index in [0.29, 0.717) is 25.3 Å². The Balaban J connectivity index is 0.00000294. The Morgan fingerprint density at radius 2 is 1.39 bits per heavy atom. The van der Waals surface area contributed by atoms with E-state index < -0.39 is 11.2 Å². The van der Waals surface area contributed by atoms with E-state index in [-0.39, 0.29) is 30.4 Å². The van der Waals surface area contributed by atoms with Crippen molar-refractivity contribution in [2.45, 2.75) is 80.7 Å². The summed E-state index contributed by atoms with van der Waals surface area (Å²) >= 11 is 6.98. The highest BCUT2D eigenvalue weighted by molar-refractivity contribution is 6.20. The van der Waals surface area contributed by atoms with Crippen LogP contribution in [-0.4, -0.2) is 60.5 Å². The quantitative estimate of drug-likeness (QED) is 0.297. The van der Waals surface area contributed by atoms with Crippen molar-refractivity contribution in [3.8, 4) is 0 Å². The molecule has 6 rings (SSSR count). The number of carbonyl (C=O) groups excluding carboxylic acids is 1. The van der Waals surface area contributed by atoms with E-state index in [1.165, 1.54) is 43.3 Å². The maximum Gasteiger partial charge on any atom is 0.348 e. The predicted octanol–water partition coefficient (Wildman–Crippen LogP) is 2.79. The van der Waals surface area contributed by atoms with Crippen LogP contribution in [0, 0.1) is 5.92 Å². The maximum absolute atomic E-state index is 14.5. The van der Waals surface area contributed by atoms with Crippen LogP contribution in [0.15, 0.2) is 60.7 Å². The van der Waals surface area contributed by atoms with Crippen molar-refractivity contribution >= 4 is 17.6 Å². The third kappa shape index (κ3) is 5.01. The number of carbonyl (C=O) groups is 1. The predicted molar refractivity (Wildman–Crippen MR) is 143 cm³/mol. The molecule has 0 amide bonds. The summed E-state index contributed by atoms with van der Waals surface area (Å²) < 4.78 is 20.1. The number of benzene rings is 2. The zero-order chi connectivity index (χ0) is 25.3. The molecule has 0 aromatic heterocycles. The molecule has 0 N–H and O–H groups in total. The minimum Gasteiger partial charge on any atom is -1.00 e. The molecular weight excluding hydrogens is 521 g/mol. The van der Waals surface area contributed by atoms with Crippen LogP contribution in [0.25, 0.3) is 0 Å². The summed E-state index contributed by atoms with van der Waals surface area (Å²) in [6, 6.07) is 20.8. The number of ether oxygens (including phenoxy) is 3. The fourth-order valence-corrected chi connectivity index (χ4v) is 8.10. The number of hydrogen-bond acceptors (Lipinski definition) is 4. The molecule has 0 saturated carbocycles. The van der Waals surface area contributed by atoms with Gasteiger partial charge >= 0.3 is 5.97 Å². The van der Waals surface area contributed by atoms with Gasteiger partial charge in [-0.1, -0.05) is 72.3 Å². The van der Waals surface area contributed by atoms with Crippen LogP contribution in [0.1, 0.15) is 62.5 Å². The van der Waals surface area contributed by atoms with Crippen molar-refractivity contribution in [2.24, 2.45) is 5.92 Å². The molecule has 38 heavy (non-hydrogen) atoms. The van der Waals surface area contributed by atoms with Crippen molar-refractivity contribution in [3.63, 3.8) is 0 Å². The summed E-state index contributed by atoms with van der Waals surface area (Å²) in [5, 5.41) is 0. The fraction of sp³-hybridized carbons (Fsp3) is 0.581. The highest BCUT2D eigenvalue weighted by Gasteiger charge is 2.57. The lowest BCUT2D eigenvalue weighted by Crippen LogP contribution is -3.00. The van der Waals surface area contributed by atoms with E-state index in [4.69, 9.17) is 25.8 Å². The lowest BCUT2D eigenvalue weighted by Gasteiger charge is -2.47. The molecule has 3 unspecified atom stereocenters. The van der Waals surface area contributed by atoms with Gasteiger partial charge in [0.15, 0.2) is 0 Å². The molecule has 4 aliphatic rings. The van der Waals surface area contributed by atoms with Crippen LogP contribution in [0.4, 0.5) is 0 Å². The normalized spacial score (nSPS) is 27.6. The number of nitrogens with zero attached hydrogens (tertiary/aromatic N) is 1. The van der Waals surface area contributed by atoms with Gasteiger partial charge in [-0.3, -0.25) is 0 Å². The molecular formula is C31H39Cl2NO4. The Hall–Kier alpha value is -1.63. The molecule has 3 atom stereocenters. The van der Waals surface area contributed by atoms with Crippen LogP contribution in [0.3, 0.4) is 0 Å². The van der Waals surface area contributed by atoms with Gasteiger partial charge in [0.05, 0.1) is 25.2 Å². The first-order valence-electron chi connectivity index (χ1n) is 14.2. The van der Waals surface area contributed by atoms with Crippen LogP contribution in [0.5, 0.6) is 0 Å². The fourth-order valence-electron chi connectivity index (χ4n) is 7.72. The van der Waals surface area contributed by atoms with Gasteiger partial charge in [0.1, 0.15) is 11.7 Å². The molecule has 4 heterocycles. The molecule has 206 valence electrons. The summed E-state index contributed by atoms with van der Waals surface area (Å²) in [4.78, 5) is 14.5.